The predicted molar refractivity (Wildman–Crippen MR) is 133 cm³/mol. The standard InChI is InChI=1S/C25H21F3N4O3S/c1-34-19-8-6-15-7-9-22(35-2)21(20(15)12-19)13-29-32-23(33)11-18-14-36-24(31-18)30-17-5-3-4-16(10-17)25(26,27)28/h3-10,12-14H,11H2,1-2H3,(H,30,31)(H,32,33)/b29-13-. The molecule has 0 fully saturated rings. The highest BCUT2D eigenvalue weighted by Crippen LogP contribution is 2.32. The van der Waals surface area contributed by atoms with Gasteiger partial charge in [0.25, 0.3) is 0 Å². The molecule has 11 heteroatoms. The smallest absolute Gasteiger partial charge is 0.416 e. The molecule has 4 rings (SSSR count). The van der Waals surface area contributed by atoms with Gasteiger partial charge in [-0.15, -0.1) is 11.3 Å². The van der Waals surface area contributed by atoms with Gasteiger partial charge in [0.2, 0.25) is 5.91 Å². The molecule has 1 amide bonds. The third-order valence-electron chi connectivity index (χ3n) is 5.17. The van der Waals surface area contributed by atoms with Crippen molar-refractivity contribution in [2.45, 2.75) is 12.6 Å². The number of ether oxygens (including phenoxy) is 2. The maximum Gasteiger partial charge on any atom is 0.416 e. The van der Waals surface area contributed by atoms with Crippen molar-refractivity contribution in [2.75, 3.05) is 19.5 Å². The van der Waals surface area contributed by atoms with Gasteiger partial charge in [-0.05, 0) is 47.2 Å². The summed E-state index contributed by atoms with van der Waals surface area (Å²) in [7, 11) is 3.12. The fourth-order valence-corrected chi connectivity index (χ4v) is 4.19. The van der Waals surface area contributed by atoms with E-state index in [2.05, 4.69) is 20.8 Å². The summed E-state index contributed by atoms with van der Waals surface area (Å²) in [6.45, 7) is 0. The molecule has 0 spiro atoms. The Morgan fingerprint density at radius 3 is 2.67 bits per heavy atom. The predicted octanol–water partition coefficient (Wildman–Crippen LogP) is 5.77. The first-order valence-corrected chi connectivity index (χ1v) is 11.5. The number of alkyl halides is 3. The van der Waals surface area contributed by atoms with E-state index in [0.717, 1.165) is 22.9 Å². The first kappa shape index (κ1) is 25.0. The zero-order chi connectivity index (χ0) is 25.7. The lowest BCUT2D eigenvalue weighted by atomic mass is 10.0. The Morgan fingerprint density at radius 2 is 1.92 bits per heavy atom. The lowest BCUT2D eigenvalue weighted by molar-refractivity contribution is -0.137. The SMILES string of the molecule is COc1ccc2ccc(OC)c(/C=N\NC(=O)Cc3csc(Nc4cccc(C(F)(F)F)c4)n3)c2c1. The summed E-state index contributed by atoms with van der Waals surface area (Å²) in [5.74, 6) is 0.852. The number of aromatic nitrogens is 1. The molecule has 7 nitrogen and oxygen atoms in total. The van der Waals surface area contributed by atoms with E-state index in [9.17, 15) is 18.0 Å². The summed E-state index contributed by atoms with van der Waals surface area (Å²) in [5.41, 5.74) is 3.09. The number of amides is 1. The van der Waals surface area contributed by atoms with E-state index < -0.39 is 17.6 Å². The fraction of sp³-hybridized carbons (Fsp3) is 0.160. The Balaban J connectivity index is 1.41. The van der Waals surface area contributed by atoms with Gasteiger partial charge in [0, 0.05) is 16.6 Å². The van der Waals surface area contributed by atoms with Gasteiger partial charge in [0.05, 0.1) is 38.1 Å². The Bertz CT molecular complexity index is 1410. The van der Waals surface area contributed by atoms with Gasteiger partial charge in [-0.1, -0.05) is 18.2 Å². The third kappa shape index (κ3) is 5.92. The van der Waals surface area contributed by atoms with Crippen LogP contribution in [0.5, 0.6) is 11.5 Å². The van der Waals surface area contributed by atoms with Crippen LogP contribution in [0.25, 0.3) is 10.8 Å². The highest BCUT2D eigenvalue weighted by Gasteiger charge is 2.30. The molecular formula is C25H21F3N4O3S. The lowest BCUT2D eigenvalue weighted by Gasteiger charge is -2.10. The molecule has 0 radical (unpaired) electrons. The van der Waals surface area contributed by atoms with Crippen molar-refractivity contribution in [3.05, 3.63) is 76.8 Å². The first-order valence-electron chi connectivity index (χ1n) is 10.6. The van der Waals surface area contributed by atoms with Crippen LogP contribution in [0.15, 0.2) is 65.1 Å². The Hall–Kier alpha value is -4.12. The van der Waals surface area contributed by atoms with E-state index in [1.165, 1.54) is 29.7 Å². The lowest BCUT2D eigenvalue weighted by Crippen LogP contribution is -2.20. The summed E-state index contributed by atoms with van der Waals surface area (Å²) in [5, 5.41) is 10.7. The van der Waals surface area contributed by atoms with Gasteiger partial charge in [0.15, 0.2) is 5.13 Å². The topological polar surface area (TPSA) is 84.8 Å². The van der Waals surface area contributed by atoms with Crippen LogP contribution in [0.4, 0.5) is 24.0 Å². The van der Waals surface area contributed by atoms with Crippen molar-refractivity contribution in [2.24, 2.45) is 5.10 Å². The maximum absolute atomic E-state index is 12.9. The highest BCUT2D eigenvalue weighted by molar-refractivity contribution is 7.13. The third-order valence-corrected chi connectivity index (χ3v) is 5.97. The van der Waals surface area contributed by atoms with Crippen molar-refractivity contribution in [1.29, 1.82) is 0 Å². The summed E-state index contributed by atoms with van der Waals surface area (Å²) in [6, 6.07) is 14.2. The number of hydrogen-bond acceptors (Lipinski definition) is 7. The number of benzene rings is 3. The van der Waals surface area contributed by atoms with Gasteiger partial charge in [0.1, 0.15) is 11.5 Å². The van der Waals surface area contributed by atoms with Crippen molar-refractivity contribution >= 4 is 45.0 Å². The zero-order valence-corrected chi connectivity index (χ0v) is 20.0. The number of hydrazone groups is 1. The van der Waals surface area contributed by atoms with E-state index in [1.807, 2.05) is 30.3 Å². The quantitative estimate of drug-likeness (QED) is 0.230. The van der Waals surface area contributed by atoms with Gasteiger partial charge in [-0.3, -0.25) is 4.79 Å². The van der Waals surface area contributed by atoms with Crippen molar-refractivity contribution < 1.29 is 27.4 Å². The average molecular weight is 515 g/mol. The Labute approximate surface area is 208 Å². The maximum atomic E-state index is 12.9. The van der Waals surface area contributed by atoms with E-state index >= 15 is 0 Å². The number of carbonyl (C=O) groups excluding carboxylic acids is 1. The number of thiazole rings is 1. The van der Waals surface area contributed by atoms with Crippen LogP contribution in [0.3, 0.4) is 0 Å². The number of hydrogen-bond donors (Lipinski definition) is 2. The molecule has 0 aliphatic carbocycles. The Morgan fingerprint density at radius 1 is 1.11 bits per heavy atom. The second kappa shape index (κ2) is 10.6. The summed E-state index contributed by atoms with van der Waals surface area (Å²) < 4.78 is 49.5. The second-order valence-electron chi connectivity index (χ2n) is 7.59. The van der Waals surface area contributed by atoms with Gasteiger partial charge in [-0.25, -0.2) is 10.4 Å². The van der Waals surface area contributed by atoms with Crippen LogP contribution in [0.2, 0.25) is 0 Å². The number of nitrogens with zero attached hydrogens (tertiary/aromatic N) is 2. The number of anilines is 2. The molecule has 3 aromatic carbocycles. The molecule has 0 aliphatic heterocycles. The number of rotatable bonds is 8. The van der Waals surface area contributed by atoms with Crippen molar-refractivity contribution in [3.8, 4) is 11.5 Å². The summed E-state index contributed by atoms with van der Waals surface area (Å²) in [4.78, 5) is 16.7. The molecule has 186 valence electrons. The molecule has 0 bridgehead atoms. The second-order valence-corrected chi connectivity index (χ2v) is 8.44. The largest absolute Gasteiger partial charge is 0.497 e. The van der Waals surface area contributed by atoms with Gasteiger partial charge in [-0.2, -0.15) is 18.3 Å². The minimum Gasteiger partial charge on any atom is -0.497 e. The molecule has 0 unspecified atom stereocenters. The summed E-state index contributed by atoms with van der Waals surface area (Å²) in [6.07, 6.45) is -2.99. The highest BCUT2D eigenvalue weighted by atomic mass is 32.1. The van der Waals surface area contributed by atoms with Crippen LogP contribution in [-0.4, -0.2) is 31.3 Å². The van der Waals surface area contributed by atoms with Crippen LogP contribution in [0, 0.1) is 0 Å². The molecule has 1 heterocycles. The summed E-state index contributed by atoms with van der Waals surface area (Å²) >= 11 is 1.18. The molecular weight excluding hydrogens is 493 g/mol. The fourth-order valence-electron chi connectivity index (χ4n) is 3.46. The van der Waals surface area contributed by atoms with E-state index in [4.69, 9.17) is 9.47 Å². The number of methoxy groups -OCH3 is 2. The van der Waals surface area contributed by atoms with Crippen LogP contribution < -0.4 is 20.2 Å². The number of nitrogens with one attached hydrogen (secondary N) is 2. The number of carbonyl (C=O) groups is 1. The monoisotopic (exact) mass is 514 g/mol. The molecule has 0 saturated carbocycles. The van der Waals surface area contributed by atoms with Crippen molar-refractivity contribution in [3.63, 3.8) is 0 Å². The first-order chi connectivity index (χ1) is 17.3. The number of halogens is 3. The van der Waals surface area contributed by atoms with Crippen molar-refractivity contribution in [1.82, 2.24) is 10.4 Å². The van der Waals surface area contributed by atoms with Gasteiger partial charge < -0.3 is 14.8 Å². The normalized spacial score (nSPS) is 11.6. The molecule has 0 saturated heterocycles. The minimum atomic E-state index is -4.44. The van der Waals surface area contributed by atoms with E-state index in [0.29, 0.717) is 27.9 Å². The Kier molecular flexibility index (Phi) is 7.39. The van der Waals surface area contributed by atoms with Crippen LogP contribution in [-0.2, 0) is 17.4 Å². The molecule has 1 aromatic heterocycles. The molecule has 4 aromatic rings. The zero-order valence-electron chi connectivity index (χ0n) is 19.2. The van der Waals surface area contributed by atoms with E-state index in [1.54, 1.807) is 19.6 Å². The minimum absolute atomic E-state index is 0.0569. The molecule has 0 aliphatic rings. The number of fused-ring (bicyclic) bond motifs is 1. The van der Waals surface area contributed by atoms with Gasteiger partial charge >= 0.3 is 6.18 Å². The van der Waals surface area contributed by atoms with E-state index in [-0.39, 0.29) is 12.1 Å². The average Bonchev–Trinajstić information content (AvgIpc) is 3.29. The van der Waals surface area contributed by atoms with Crippen LogP contribution >= 0.6 is 11.3 Å². The molecule has 0 atom stereocenters. The van der Waals surface area contributed by atoms with Crippen LogP contribution in [0.1, 0.15) is 16.8 Å². The molecule has 36 heavy (non-hydrogen) atoms. The molecule has 2 N–H and O–H groups in total.